The summed E-state index contributed by atoms with van der Waals surface area (Å²) in [5, 5.41) is 24.5. The van der Waals surface area contributed by atoms with Crippen molar-refractivity contribution in [3.63, 3.8) is 0 Å². The number of nitrogens with one attached hydrogen (secondary N) is 2. The van der Waals surface area contributed by atoms with Crippen LogP contribution in [0.25, 0.3) is 0 Å². The first-order valence-electron chi connectivity index (χ1n) is 6.20. The maximum atomic E-state index is 9.70. The SMILES string of the molecule is CCNc1nc(NCC(C)(O)CO)nc(OCC)n1. The van der Waals surface area contributed by atoms with Crippen molar-refractivity contribution in [2.75, 3.05) is 36.9 Å². The molecule has 0 saturated heterocycles. The fraction of sp³-hybridized carbons (Fsp3) is 0.727. The van der Waals surface area contributed by atoms with Gasteiger partial charge in [-0.3, -0.25) is 0 Å². The standard InChI is InChI=1S/C11H21N5O3/c1-4-12-8-14-9(13-6-11(3,18)7-17)16-10(15-8)19-5-2/h17-18H,4-7H2,1-3H3,(H2,12,13,14,15,16). The zero-order chi connectivity index (χ0) is 14.3. The molecule has 1 unspecified atom stereocenters. The number of nitrogens with zero attached hydrogens (tertiary/aromatic N) is 3. The Morgan fingerprint density at radius 1 is 1.16 bits per heavy atom. The van der Waals surface area contributed by atoms with Gasteiger partial charge in [-0.1, -0.05) is 0 Å². The molecule has 1 heterocycles. The number of hydrogen-bond donors (Lipinski definition) is 4. The van der Waals surface area contributed by atoms with Crippen molar-refractivity contribution in [2.24, 2.45) is 0 Å². The molecular weight excluding hydrogens is 250 g/mol. The van der Waals surface area contributed by atoms with Gasteiger partial charge in [0.05, 0.1) is 13.2 Å². The highest BCUT2D eigenvalue weighted by molar-refractivity contribution is 5.36. The van der Waals surface area contributed by atoms with Gasteiger partial charge in [-0.2, -0.15) is 15.0 Å². The van der Waals surface area contributed by atoms with Crippen LogP contribution in [0, 0.1) is 0 Å². The van der Waals surface area contributed by atoms with E-state index in [0.29, 0.717) is 19.1 Å². The zero-order valence-corrected chi connectivity index (χ0v) is 11.5. The predicted molar refractivity (Wildman–Crippen MR) is 71.4 cm³/mol. The molecule has 1 rings (SSSR count). The third-order valence-corrected chi connectivity index (χ3v) is 2.19. The molecule has 0 aromatic carbocycles. The van der Waals surface area contributed by atoms with Gasteiger partial charge in [0.25, 0.3) is 0 Å². The quantitative estimate of drug-likeness (QED) is 0.517. The summed E-state index contributed by atoms with van der Waals surface area (Å²) >= 11 is 0. The molecule has 8 nitrogen and oxygen atoms in total. The number of rotatable bonds is 8. The van der Waals surface area contributed by atoms with Gasteiger partial charge in [-0.25, -0.2) is 0 Å². The van der Waals surface area contributed by atoms with Crippen molar-refractivity contribution < 1.29 is 14.9 Å². The molecule has 1 atom stereocenters. The maximum Gasteiger partial charge on any atom is 0.323 e. The minimum Gasteiger partial charge on any atom is -0.464 e. The van der Waals surface area contributed by atoms with Gasteiger partial charge in [0.15, 0.2) is 0 Å². The van der Waals surface area contributed by atoms with E-state index in [1.54, 1.807) is 0 Å². The van der Waals surface area contributed by atoms with Gasteiger partial charge < -0.3 is 25.6 Å². The number of aliphatic hydroxyl groups excluding tert-OH is 1. The van der Waals surface area contributed by atoms with Crippen molar-refractivity contribution in [3.8, 4) is 6.01 Å². The average Bonchev–Trinajstić information content (AvgIpc) is 2.37. The molecule has 4 N–H and O–H groups in total. The van der Waals surface area contributed by atoms with Crippen molar-refractivity contribution in [1.82, 2.24) is 15.0 Å². The van der Waals surface area contributed by atoms with Gasteiger partial charge in [0.2, 0.25) is 11.9 Å². The van der Waals surface area contributed by atoms with E-state index in [1.165, 1.54) is 6.92 Å². The number of aromatic nitrogens is 3. The van der Waals surface area contributed by atoms with Gasteiger partial charge in [-0.05, 0) is 20.8 Å². The van der Waals surface area contributed by atoms with Crippen LogP contribution < -0.4 is 15.4 Å². The van der Waals surface area contributed by atoms with Crippen molar-refractivity contribution in [1.29, 1.82) is 0 Å². The van der Waals surface area contributed by atoms with E-state index in [2.05, 4.69) is 25.6 Å². The van der Waals surface area contributed by atoms with Crippen LogP contribution in [0.2, 0.25) is 0 Å². The summed E-state index contributed by atoms with van der Waals surface area (Å²) in [7, 11) is 0. The van der Waals surface area contributed by atoms with E-state index in [9.17, 15) is 5.11 Å². The van der Waals surface area contributed by atoms with E-state index in [4.69, 9.17) is 9.84 Å². The first kappa shape index (κ1) is 15.4. The molecule has 19 heavy (non-hydrogen) atoms. The zero-order valence-electron chi connectivity index (χ0n) is 11.5. The fourth-order valence-corrected chi connectivity index (χ4v) is 1.19. The van der Waals surface area contributed by atoms with E-state index in [0.717, 1.165) is 0 Å². The van der Waals surface area contributed by atoms with Gasteiger partial charge in [0.1, 0.15) is 5.60 Å². The Hall–Kier alpha value is -1.67. The second-order valence-electron chi connectivity index (χ2n) is 4.24. The molecule has 0 aliphatic heterocycles. The molecule has 0 aliphatic rings. The lowest BCUT2D eigenvalue weighted by molar-refractivity contribution is 0.0131. The Bertz CT molecular complexity index is 376. The van der Waals surface area contributed by atoms with Gasteiger partial charge >= 0.3 is 6.01 Å². The normalized spacial score (nSPS) is 13.7. The van der Waals surface area contributed by atoms with E-state index in [-0.39, 0.29) is 25.1 Å². The first-order chi connectivity index (χ1) is 9.00. The third kappa shape index (κ3) is 5.23. The smallest absolute Gasteiger partial charge is 0.323 e. The third-order valence-electron chi connectivity index (χ3n) is 2.19. The molecule has 108 valence electrons. The number of ether oxygens (including phenoxy) is 1. The monoisotopic (exact) mass is 271 g/mol. The fourth-order valence-electron chi connectivity index (χ4n) is 1.19. The Kier molecular flexibility index (Phi) is 5.71. The van der Waals surface area contributed by atoms with Gasteiger partial charge in [0, 0.05) is 13.1 Å². The van der Waals surface area contributed by atoms with Crippen molar-refractivity contribution in [3.05, 3.63) is 0 Å². The second kappa shape index (κ2) is 7.05. The highest BCUT2D eigenvalue weighted by Gasteiger charge is 2.19. The first-order valence-corrected chi connectivity index (χ1v) is 6.20. The molecule has 0 bridgehead atoms. The summed E-state index contributed by atoms with van der Waals surface area (Å²) in [6.45, 7) is 6.14. The summed E-state index contributed by atoms with van der Waals surface area (Å²) in [6, 6.07) is 0.208. The molecule has 1 aromatic heterocycles. The maximum absolute atomic E-state index is 9.70. The van der Waals surface area contributed by atoms with Crippen molar-refractivity contribution >= 4 is 11.9 Å². The average molecular weight is 271 g/mol. The van der Waals surface area contributed by atoms with Crippen molar-refractivity contribution in [2.45, 2.75) is 26.4 Å². The summed E-state index contributed by atoms with van der Waals surface area (Å²) in [6.07, 6.45) is 0. The lowest BCUT2D eigenvalue weighted by Crippen LogP contribution is -2.37. The molecule has 0 spiro atoms. The Balaban J connectivity index is 2.80. The molecule has 0 fully saturated rings. The number of anilines is 2. The highest BCUT2D eigenvalue weighted by Crippen LogP contribution is 2.12. The van der Waals surface area contributed by atoms with E-state index in [1.807, 2.05) is 13.8 Å². The summed E-state index contributed by atoms with van der Waals surface area (Å²) in [5.74, 6) is 0.676. The largest absolute Gasteiger partial charge is 0.464 e. The topological polar surface area (TPSA) is 112 Å². The van der Waals surface area contributed by atoms with Crippen LogP contribution in [0.15, 0.2) is 0 Å². The van der Waals surface area contributed by atoms with Crippen LogP contribution in [0.3, 0.4) is 0 Å². The number of hydrogen-bond acceptors (Lipinski definition) is 8. The molecule has 8 heteroatoms. The van der Waals surface area contributed by atoms with Crippen LogP contribution in [0.4, 0.5) is 11.9 Å². The Labute approximate surface area is 112 Å². The lowest BCUT2D eigenvalue weighted by Gasteiger charge is -2.20. The minimum absolute atomic E-state index is 0.116. The van der Waals surface area contributed by atoms with Crippen LogP contribution in [0.1, 0.15) is 20.8 Å². The Morgan fingerprint density at radius 2 is 1.79 bits per heavy atom. The molecule has 0 aliphatic carbocycles. The highest BCUT2D eigenvalue weighted by atomic mass is 16.5. The Morgan fingerprint density at radius 3 is 2.32 bits per heavy atom. The van der Waals surface area contributed by atoms with Crippen LogP contribution in [-0.2, 0) is 0 Å². The summed E-state index contributed by atoms with van der Waals surface area (Å²) in [4.78, 5) is 12.3. The van der Waals surface area contributed by atoms with Crippen LogP contribution in [-0.4, -0.2) is 57.1 Å². The molecular formula is C11H21N5O3. The van der Waals surface area contributed by atoms with Crippen LogP contribution in [0.5, 0.6) is 6.01 Å². The molecule has 0 amide bonds. The molecule has 1 aromatic rings. The second-order valence-corrected chi connectivity index (χ2v) is 4.24. The van der Waals surface area contributed by atoms with Gasteiger partial charge in [-0.15, -0.1) is 0 Å². The lowest BCUT2D eigenvalue weighted by atomic mass is 10.1. The molecule has 0 saturated carbocycles. The van der Waals surface area contributed by atoms with E-state index < -0.39 is 5.60 Å². The number of aliphatic hydroxyl groups is 2. The summed E-state index contributed by atoms with van der Waals surface area (Å²) < 4.78 is 5.24. The predicted octanol–water partition coefficient (Wildman–Crippen LogP) is -0.143. The van der Waals surface area contributed by atoms with E-state index >= 15 is 0 Å². The minimum atomic E-state index is -1.24. The molecule has 0 radical (unpaired) electrons. The van der Waals surface area contributed by atoms with Crippen LogP contribution >= 0.6 is 0 Å². The summed E-state index contributed by atoms with van der Waals surface area (Å²) in [5.41, 5.74) is -1.24.